The van der Waals surface area contributed by atoms with Gasteiger partial charge >= 0.3 is 0 Å². The predicted molar refractivity (Wildman–Crippen MR) is 71.1 cm³/mol. The molecule has 6 heteroatoms. The highest BCUT2D eigenvalue weighted by molar-refractivity contribution is 7.89. The largest absolute Gasteiger partial charge is 0.242 e. The minimum atomic E-state index is -3.57. The van der Waals surface area contributed by atoms with E-state index in [4.69, 9.17) is 23.2 Å². The fraction of sp³-hybridized carbons (Fsp3) is 0.455. The molecule has 0 unspecified atom stereocenters. The highest BCUT2D eigenvalue weighted by atomic mass is 35.5. The molecular formula is C11H15Cl2NO2S. The molecule has 0 heterocycles. The number of sulfonamides is 1. The number of hydrogen-bond donors (Lipinski definition) is 1. The van der Waals surface area contributed by atoms with Gasteiger partial charge in [0.05, 0.1) is 5.02 Å². The van der Waals surface area contributed by atoms with Crippen molar-refractivity contribution in [2.75, 3.05) is 12.4 Å². The van der Waals surface area contributed by atoms with Gasteiger partial charge in [-0.2, -0.15) is 0 Å². The summed E-state index contributed by atoms with van der Waals surface area (Å²) in [5.74, 6) is 0.373. The maximum Gasteiger partial charge on any atom is 0.242 e. The molecule has 0 aliphatic rings. The Balaban J connectivity index is 2.88. The minimum Gasteiger partial charge on any atom is -0.211 e. The molecule has 0 aliphatic heterocycles. The second-order valence-electron chi connectivity index (χ2n) is 4.55. The summed E-state index contributed by atoms with van der Waals surface area (Å²) in [5.41, 5.74) is -0.296. The number of hydrogen-bond acceptors (Lipinski definition) is 2. The molecule has 0 spiro atoms. The van der Waals surface area contributed by atoms with Crippen LogP contribution in [0.2, 0.25) is 5.02 Å². The van der Waals surface area contributed by atoms with E-state index in [0.29, 0.717) is 5.88 Å². The Morgan fingerprint density at radius 1 is 1.29 bits per heavy atom. The van der Waals surface area contributed by atoms with Crippen molar-refractivity contribution in [3.8, 4) is 0 Å². The standard InChI is InChI=1S/C11H15Cl2NO2S/c1-11(2,7-12)8-14-17(15,16)10-6-4-3-5-9(10)13/h3-6,14H,7-8H2,1-2H3. The third kappa shape index (κ3) is 4.14. The van der Waals surface area contributed by atoms with Gasteiger partial charge in [-0.25, -0.2) is 13.1 Å². The molecule has 96 valence electrons. The van der Waals surface area contributed by atoms with Gasteiger partial charge in [-0.1, -0.05) is 37.6 Å². The Morgan fingerprint density at radius 2 is 1.88 bits per heavy atom. The van der Waals surface area contributed by atoms with Crippen molar-refractivity contribution < 1.29 is 8.42 Å². The molecule has 1 aromatic rings. The fourth-order valence-electron chi connectivity index (χ4n) is 1.08. The van der Waals surface area contributed by atoms with Gasteiger partial charge in [0.15, 0.2) is 0 Å². The molecule has 0 saturated carbocycles. The number of rotatable bonds is 5. The van der Waals surface area contributed by atoms with Crippen molar-refractivity contribution in [3.63, 3.8) is 0 Å². The van der Waals surface area contributed by atoms with Crippen molar-refractivity contribution in [2.45, 2.75) is 18.7 Å². The molecule has 17 heavy (non-hydrogen) atoms. The van der Waals surface area contributed by atoms with Crippen molar-refractivity contribution in [2.24, 2.45) is 5.41 Å². The number of alkyl halides is 1. The van der Waals surface area contributed by atoms with Gasteiger partial charge in [-0.3, -0.25) is 0 Å². The molecule has 0 aliphatic carbocycles. The Labute approximate surface area is 112 Å². The van der Waals surface area contributed by atoms with Crippen LogP contribution in [0.1, 0.15) is 13.8 Å². The molecular weight excluding hydrogens is 281 g/mol. The first kappa shape index (κ1) is 14.8. The molecule has 1 N–H and O–H groups in total. The van der Waals surface area contributed by atoms with Crippen LogP contribution >= 0.6 is 23.2 Å². The Bertz CT molecular complexity index is 486. The molecule has 0 atom stereocenters. The lowest BCUT2D eigenvalue weighted by molar-refractivity contribution is 0.414. The average Bonchev–Trinajstić information content (AvgIpc) is 2.27. The highest BCUT2D eigenvalue weighted by Gasteiger charge is 2.22. The molecule has 0 fully saturated rings. The molecule has 0 radical (unpaired) electrons. The molecule has 0 amide bonds. The Hall–Kier alpha value is -0.290. The predicted octanol–water partition coefficient (Wildman–Crippen LogP) is 2.88. The monoisotopic (exact) mass is 295 g/mol. The minimum absolute atomic E-state index is 0.0899. The summed E-state index contributed by atoms with van der Waals surface area (Å²) in [6.45, 7) is 4.04. The lowest BCUT2D eigenvalue weighted by Crippen LogP contribution is -2.35. The molecule has 0 bridgehead atoms. The van der Waals surface area contributed by atoms with Crippen LogP contribution in [0.4, 0.5) is 0 Å². The molecule has 1 rings (SSSR count). The lowest BCUT2D eigenvalue weighted by Gasteiger charge is -2.21. The van der Waals surface area contributed by atoms with E-state index in [0.717, 1.165) is 0 Å². The number of nitrogens with one attached hydrogen (secondary N) is 1. The highest BCUT2D eigenvalue weighted by Crippen LogP contribution is 2.22. The van der Waals surface area contributed by atoms with E-state index < -0.39 is 10.0 Å². The molecule has 3 nitrogen and oxygen atoms in total. The first-order chi connectivity index (χ1) is 7.78. The third-order valence-corrected chi connectivity index (χ3v) is 4.85. The summed E-state index contributed by atoms with van der Waals surface area (Å²) in [4.78, 5) is 0.0899. The zero-order valence-electron chi connectivity index (χ0n) is 9.70. The topological polar surface area (TPSA) is 46.2 Å². The molecule has 0 saturated heterocycles. The van der Waals surface area contributed by atoms with Crippen LogP contribution in [-0.2, 0) is 10.0 Å². The average molecular weight is 296 g/mol. The third-order valence-electron chi connectivity index (χ3n) is 2.23. The summed E-state index contributed by atoms with van der Waals surface area (Å²) in [6, 6.07) is 6.33. The summed E-state index contributed by atoms with van der Waals surface area (Å²) in [6.07, 6.45) is 0. The maximum atomic E-state index is 12.0. The van der Waals surface area contributed by atoms with Crippen LogP contribution in [0.25, 0.3) is 0 Å². The van der Waals surface area contributed by atoms with Crippen LogP contribution in [0, 0.1) is 5.41 Å². The van der Waals surface area contributed by atoms with E-state index in [2.05, 4.69) is 4.72 Å². The van der Waals surface area contributed by atoms with E-state index in [1.54, 1.807) is 18.2 Å². The van der Waals surface area contributed by atoms with Crippen LogP contribution in [0.15, 0.2) is 29.2 Å². The van der Waals surface area contributed by atoms with Gasteiger partial charge in [0.1, 0.15) is 4.90 Å². The van der Waals surface area contributed by atoms with Crippen molar-refractivity contribution in [1.29, 1.82) is 0 Å². The smallest absolute Gasteiger partial charge is 0.211 e. The summed E-state index contributed by atoms with van der Waals surface area (Å²) in [5, 5.41) is 0.212. The number of halogens is 2. The second-order valence-corrected chi connectivity index (χ2v) is 6.96. The quantitative estimate of drug-likeness (QED) is 0.849. The van der Waals surface area contributed by atoms with Crippen molar-refractivity contribution in [1.82, 2.24) is 4.72 Å². The lowest BCUT2D eigenvalue weighted by atomic mass is 9.97. The molecule has 1 aromatic carbocycles. The van der Waals surface area contributed by atoms with Crippen LogP contribution in [-0.4, -0.2) is 20.8 Å². The van der Waals surface area contributed by atoms with E-state index in [9.17, 15) is 8.42 Å². The fourth-order valence-corrected chi connectivity index (χ4v) is 2.93. The molecule has 0 aromatic heterocycles. The van der Waals surface area contributed by atoms with E-state index in [1.165, 1.54) is 6.07 Å². The summed E-state index contributed by atoms with van der Waals surface area (Å²) in [7, 11) is -3.57. The summed E-state index contributed by atoms with van der Waals surface area (Å²) >= 11 is 11.6. The van der Waals surface area contributed by atoms with Gasteiger partial charge in [0.2, 0.25) is 10.0 Å². The van der Waals surface area contributed by atoms with Crippen LogP contribution in [0.3, 0.4) is 0 Å². The first-order valence-corrected chi connectivity index (χ1v) is 7.48. The van der Waals surface area contributed by atoms with Crippen LogP contribution < -0.4 is 4.72 Å². The second kappa shape index (κ2) is 5.57. The van der Waals surface area contributed by atoms with Gasteiger partial charge in [0.25, 0.3) is 0 Å². The SMILES string of the molecule is CC(C)(CCl)CNS(=O)(=O)c1ccccc1Cl. The zero-order valence-corrected chi connectivity index (χ0v) is 12.0. The van der Waals surface area contributed by atoms with Gasteiger partial charge < -0.3 is 0 Å². The van der Waals surface area contributed by atoms with Crippen molar-refractivity contribution in [3.05, 3.63) is 29.3 Å². The van der Waals surface area contributed by atoms with Crippen molar-refractivity contribution >= 4 is 33.2 Å². The zero-order chi connectivity index (χ0) is 13.1. The van der Waals surface area contributed by atoms with E-state index >= 15 is 0 Å². The normalized spacial score (nSPS) is 12.7. The van der Waals surface area contributed by atoms with Gasteiger partial charge in [-0.05, 0) is 17.5 Å². The van der Waals surface area contributed by atoms with E-state index in [1.807, 2.05) is 13.8 Å². The maximum absolute atomic E-state index is 12.0. The number of benzene rings is 1. The van der Waals surface area contributed by atoms with Crippen LogP contribution in [0.5, 0.6) is 0 Å². The van der Waals surface area contributed by atoms with Gasteiger partial charge in [0, 0.05) is 12.4 Å². The Kier molecular flexibility index (Phi) is 4.84. The van der Waals surface area contributed by atoms with E-state index in [-0.39, 0.29) is 21.9 Å². The van der Waals surface area contributed by atoms with Gasteiger partial charge in [-0.15, -0.1) is 11.6 Å². The first-order valence-electron chi connectivity index (χ1n) is 5.09. The Morgan fingerprint density at radius 3 is 2.41 bits per heavy atom. The summed E-state index contributed by atoms with van der Waals surface area (Å²) < 4.78 is 26.5.